The highest BCUT2D eigenvalue weighted by atomic mass is 16.5. The van der Waals surface area contributed by atoms with Crippen molar-refractivity contribution in [1.29, 1.82) is 0 Å². The summed E-state index contributed by atoms with van der Waals surface area (Å²) >= 11 is 0. The fourth-order valence-corrected chi connectivity index (χ4v) is 1.89. The van der Waals surface area contributed by atoms with E-state index in [2.05, 4.69) is 10.1 Å². The SMILES string of the molecule is Cc1ccc(OCc2cnn(C)c2)c(CC(C)N)n1. The Hall–Kier alpha value is -1.88. The molecule has 2 aromatic rings. The number of nitrogens with zero attached hydrogens (tertiary/aromatic N) is 3. The Morgan fingerprint density at radius 2 is 2.21 bits per heavy atom. The van der Waals surface area contributed by atoms with Crippen LogP contribution in [0.4, 0.5) is 0 Å². The van der Waals surface area contributed by atoms with Crippen molar-refractivity contribution in [2.24, 2.45) is 12.8 Å². The van der Waals surface area contributed by atoms with E-state index in [4.69, 9.17) is 10.5 Å². The second-order valence-electron chi connectivity index (χ2n) is 4.89. The zero-order valence-electron chi connectivity index (χ0n) is 11.6. The van der Waals surface area contributed by atoms with Gasteiger partial charge in [0.05, 0.1) is 11.9 Å². The first-order valence-electron chi connectivity index (χ1n) is 6.37. The number of ether oxygens (including phenoxy) is 1. The molecule has 0 saturated heterocycles. The minimum absolute atomic E-state index is 0.0649. The molecule has 0 aliphatic heterocycles. The fraction of sp³-hybridized carbons (Fsp3) is 0.429. The number of hydrogen-bond acceptors (Lipinski definition) is 4. The lowest BCUT2D eigenvalue weighted by Gasteiger charge is -2.12. The third kappa shape index (κ3) is 3.79. The summed E-state index contributed by atoms with van der Waals surface area (Å²) in [4.78, 5) is 4.50. The molecule has 2 N–H and O–H groups in total. The molecule has 2 rings (SSSR count). The molecule has 19 heavy (non-hydrogen) atoms. The number of aryl methyl sites for hydroxylation is 2. The standard InChI is InChI=1S/C14H20N4O/c1-10(15)6-13-14(5-4-11(2)17-13)19-9-12-7-16-18(3)8-12/h4-5,7-8,10H,6,9,15H2,1-3H3. The normalized spacial score (nSPS) is 12.4. The molecular formula is C14H20N4O. The lowest BCUT2D eigenvalue weighted by molar-refractivity contribution is 0.300. The number of rotatable bonds is 5. The van der Waals surface area contributed by atoms with E-state index in [1.165, 1.54) is 0 Å². The van der Waals surface area contributed by atoms with Crippen molar-refractivity contribution in [3.63, 3.8) is 0 Å². The fourth-order valence-electron chi connectivity index (χ4n) is 1.89. The van der Waals surface area contributed by atoms with E-state index in [0.717, 1.165) is 22.7 Å². The smallest absolute Gasteiger partial charge is 0.141 e. The van der Waals surface area contributed by atoms with Gasteiger partial charge in [0.2, 0.25) is 0 Å². The van der Waals surface area contributed by atoms with Crippen molar-refractivity contribution < 1.29 is 4.74 Å². The lowest BCUT2D eigenvalue weighted by Crippen LogP contribution is -2.19. The first-order valence-corrected chi connectivity index (χ1v) is 6.37. The summed E-state index contributed by atoms with van der Waals surface area (Å²) in [6.45, 7) is 4.43. The van der Waals surface area contributed by atoms with E-state index >= 15 is 0 Å². The van der Waals surface area contributed by atoms with Gasteiger partial charge in [-0.3, -0.25) is 9.67 Å². The number of hydrogen-bond donors (Lipinski definition) is 1. The Bertz CT molecular complexity index is 548. The summed E-state index contributed by atoms with van der Waals surface area (Å²) in [7, 11) is 1.89. The van der Waals surface area contributed by atoms with E-state index in [1.54, 1.807) is 10.9 Å². The van der Waals surface area contributed by atoms with Crippen molar-refractivity contribution >= 4 is 0 Å². The second-order valence-corrected chi connectivity index (χ2v) is 4.89. The molecule has 5 nitrogen and oxygen atoms in total. The quantitative estimate of drug-likeness (QED) is 0.886. The van der Waals surface area contributed by atoms with Crippen molar-refractivity contribution in [1.82, 2.24) is 14.8 Å². The van der Waals surface area contributed by atoms with Gasteiger partial charge in [0, 0.05) is 37.0 Å². The number of nitrogens with two attached hydrogens (primary N) is 1. The van der Waals surface area contributed by atoms with Crippen LogP contribution in [0, 0.1) is 6.92 Å². The van der Waals surface area contributed by atoms with Gasteiger partial charge in [-0.15, -0.1) is 0 Å². The molecule has 0 bridgehead atoms. The van der Waals surface area contributed by atoms with Crippen LogP contribution in [0.1, 0.15) is 23.9 Å². The van der Waals surface area contributed by atoms with Crippen LogP contribution in [0.3, 0.4) is 0 Å². The van der Waals surface area contributed by atoms with Gasteiger partial charge >= 0.3 is 0 Å². The van der Waals surface area contributed by atoms with E-state index in [9.17, 15) is 0 Å². The molecular weight excluding hydrogens is 240 g/mol. The molecule has 1 atom stereocenters. The van der Waals surface area contributed by atoms with Crippen LogP contribution in [0.5, 0.6) is 5.75 Å². The maximum Gasteiger partial charge on any atom is 0.141 e. The molecule has 0 radical (unpaired) electrons. The Balaban J connectivity index is 2.10. The zero-order chi connectivity index (χ0) is 13.8. The Morgan fingerprint density at radius 1 is 1.42 bits per heavy atom. The maximum absolute atomic E-state index is 5.85. The molecule has 0 spiro atoms. The Kier molecular flexibility index (Phi) is 4.16. The average Bonchev–Trinajstić information content (AvgIpc) is 2.73. The van der Waals surface area contributed by atoms with Gasteiger partial charge in [-0.05, 0) is 26.0 Å². The van der Waals surface area contributed by atoms with Gasteiger partial charge in [-0.1, -0.05) is 0 Å². The van der Waals surface area contributed by atoms with E-state index in [1.807, 2.05) is 39.2 Å². The van der Waals surface area contributed by atoms with Gasteiger partial charge in [-0.2, -0.15) is 5.10 Å². The molecule has 5 heteroatoms. The van der Waals surface area contributed by atoms with Crippen LogP contribution in [-0.2, 0) is 20.1 Å². The zero-order valence-corrected chi connectivity index (χ0v) is 11.6. The summed E-state index contributed by atoms with van der Waals surface area (Å²) in [5.74, 6) is 0.798. The predicted molar refractivity (Wildman–Crippen MR) is 73.9 cm³/mol. The topological polar surface area (TPSA) is 66.0 Å². The van der Waals surface area contributed by atoms with Crippen LogP contribution in [0.2, 0.25) is 0 Å². The first kappa shape index (κ1) is 13.5. The van der Waals surface area contributed by atoms with Crippen LogP contribution >= 0.6 is 0 Å². The molecule has 0 fully saturated rings. The van der Waals surface area contributed by atoms with E-state index in [-0.39, 0.29) is 6.04 Å². The third-order valence-electron chi connectivity index (χ3n) is 2.74. The molecule has 1 unspecified atom stereocenters. The van der Waals surface area contributed by atoms with Crippen molar-refractivity contribution in [3.05, 3.63) is 41.5 Å². The molecule has 102 valence electrons. The largest absolute Gasteiger partial charge is 0.487 e. The second kappa shape index (κ2) is 5.84. The van der Waals surface area contributed by atoms with Crippen LogP contribution < -0.4 is 10.5 Å². The highest BCUT2D eigenvalue weighted by molar-refractivity contribution is 5.30. The highest BCUT2D eigenvalue weighted by Crippen LogP contribution is 2.19. The number of pyridine rings is 1. The van der Waals surface area contributed by atoms with E-state index < -0.39 is 0 Å². The summed E-state index contributed by atoms with van der Waals surface area (Å²) in [5, 5.41) is 4.11. The Labute approximate surface area is 113 Å². The van der Waals surface area contributed by atoms with Crippen molar-refractivity contribution in [3.8, 4) is 5.75 Å². The molecule has 0 amide bonds. The summed E-state index contributed by atoms with van der Waals surface area (Å²) in [6, 6.07) is 3.97. The van der Waals surface area contributed by atoms with E-state index in [0.29, 0.717) is 13.0 Å². The van der Waals surface area contributed by atoms with Crippen molar-refractivity contribution in [2.45, 2.75) is 32.9 Å². The van der Waals surface area contributed by atoms with Crippen LogP contribution in [-0.4, -0.2) is 20.8 Å². The molecule has 0 aliphatic carbocycles. The molecule has 2 heterocycles. The third-order valence-corrected chi connectivity index (χ3v) is 2.74. The average molecular weight is 260 g/mol. The van der Waals surface area contributed by atoms with Gasteiger partial charge in [0.1, 0.15) is 12.4 Å². The van der Waals surface area contributed by atoms with Crippen molar-refractivity contribution in [2.75, 3.05) is 0 Å². The predicted octanol–water partition coefficient (Wildman–Crippen LogP) is 1.59. The summed E-state index contributed by atoms with van der Waals surface area (Å²) in [6.07, 6.45) is 4.45. The first-order chi connectivity index (χ1) is 9.04. The summed E-state index contributed by atoms with van der Waals surface area (Å²) in [5.41, 5.74) is 8.77. The molecule has 0 saturated carbocycles. The van der Waals surface area contributed by atoms with Gasteiger partial charge < -0.3 is 10.5 Å². The lowest BCUT2D eigenvalue weighted by atomic mass is 10.1. The number of aromatic nitrogens is 3. The van der Waals surface area contributed by atoms with Gasteiger partial charge in [0.15, 0.2) is 0 Å². The monoisotopic (exact) mass is 260 g/mol. The highest BCUT2D eigenvalue weighted by Gasteiger charge is 2.09. The maximum atomic E-state index is 5.85. The van der Waals surface area contributed by atoms with Gasteiger partial charge in [0.25, 0.3) is 0 Å². The minimum atomic E-state index is 0.0649. The Morgan fingerprint density at radius 3 is 2.84 bits per heavy atom. The van der Waals surface area contributed by atoms with Gasteiger partial charge in [-0.25, -0.2) is 0 Å². The molecule has 2 aromatic heterocycles. The minimum Gasteiger partial charge on any atom is -0.487 e. The summed E-state index contributed by atoms with van der Waals surface area (Å²) < 4.78 is 7.58. The molecule has 0 aliphatic rings. The molecule has 0 aromatic carbocycles. The van der Waals surface area contributed by atoms with Crippen LogP contribution in [0.25, 0.3) is 0 Å². The van der Waals surface area contributed by atoms with Crippen LogP contribution in [0.15, 0.2) is 24.5 Å².